The van der Waals surface area contributed by atoms with Crippen molar-refractivity contribution in [2.45, 2.75) is 32.0 Å². The van der Waals surface area contributed by atoms with Gasteiger partial charge in [0.2, 0.25) is 0 Å². The number of para-hydroxylation sites is 1. The number of ether oxygens (including phenoxy) is 2. The van der Waals surface area contributed by atoms with Crippen molar-refractivity contribution in [2.24, 2.45) is 0 Å². The Morgan fingerprint density at radius 2 is 1.59 bits per heavy atom. The maximum atomic E-state index is 13.2. The number of anilines is 1. The van der Waals surface area contributed by atoms with Gasteiger partial charge in [-0.3, -0.25) is 15.3 Å². The van der Waals surface area contributed by atoms with Crippen molar-refractivity contribution in [3.63, 3.8) is 0 Å². The lowest BCUT2D eigenvalue weighted by Gasteiger charge is -2.29. The third kappa shape index (κ3) is 7.37. The zero-order valence-electron chi connectivity index (χ0n) is 21.4. The molecular formula is C31H30N2O6. The van der Waals surface area contributed by atoms with Crippen LogP contribution < -0.4 is 15.5 Å². The normalized spacial score (nSPS) is 12.6. The molecule has 0 saturated heterocycles. The lowest BCUT2D eigenvalue weighted by Crippen LogP contribution is -2.31. The molecule has 0 saturated carbocycles. The van der Waals surface area contributed by atoms with E-state index in [1.165, 1.54) is 6.08 Å². The number of benzene rings is 4. The number of allylic oxidation sites excluding steroid dienone is 1. The first-order valence-electron chi connectivity index (χ1n) is 12.5. The first kappa shape index (κ1) is 27.2. The van der Waals surface area contributed by atoms with E-state index < -0.39 is 24.2 Å². The molecule has 0 aliphatic carbocycles. The standard InChI is InChI=1S/C31H30N2O6/c1-21-15-17-22(18-16-21)32-31(36)39-30(26-19-20-27(34)25-12-6-5-11-24(25)26)28(13-7-8-14-29(35)33-37)38-23-9-3-2-4-10-23/h2-6,8-12,14-20,28,30,34,37H,7,13H2,1H3,(H,32,36)(H,33,35)/b14-8+/t28-,30-/m0/s1. The predicted molar refractivity (Wildman–Crippen MR) is 149 cm³/mol. The second kappa shape index (κ2) is 13.1. The van der Waals surface area contributed by atoms with E-state index in [2.05, 4.69) is 5.32 Å². The number of hydroxylamine groups is 1. The fraction of sp³-hybridized carbons (Fsp3) is 0.161. The van der Waals surface area contributed by atoms with Crippen LogP contribution in [0.2, 0.25) is 0 Å². The molecule has 0 heterocycles. The Morgan fingerprint density at radius 1 is 0.897 bits per heavy atom. The molecule has 200 valence electrons. The second-order valence-electron chi connectivity index (χ2n) is 8.96. The molecule has 4 aromatic carbocycles. The van der Waals surface area contributed by atoms with E-state index in [-0.39, 0.29) is 5.75 Å². The summed E-state index contributed by atoms with van der Waals surface area (Å²) in [5, 5.41) is 23.4. The van der Waals surface area contributed by atoms with Crippen molar-refractivity contribution in [3.05, 3.63) is 114 Å². The van der Waals surface area contributed by atoms with Crippen molar-refractivity contribution < 1.29 is 29.4 Å². The fourth-order valence-corrected chi connectivity index (χ4v) is 4.23. The number of fused-ring (bicyclic) bond motifs is 1. The van der Waals surface area contributed by atoms with Crippen LogP contribution >= 0.6 is 0 Å². The summed E-state index contributed by atoms with van der Waals surface area (Å²) in [5.74, 6) is 0.0382. The predicted octanol–water partition coefficient (Wildman–Crippen LogP) is 6.43. The van der Waals surface area contributed by atoms with E-state index in [9.17, 15) is 14.7 Å². The van der Waals surface area contributed by atoms with Crippen LogP contribution in [0.5, 0.6) is 11.5 Å². The van der Waals surface area contributed by atoms with Gasteiger partial charge in [0.1, 0.15) is 17.6 Å². The maximum absolute atomic E-state index is 13.2. The Hall–Kier alpha value is -4.82. The van der Waals surface area contributed by atoms with Gasteiger partial charge in [-0.15, -0.1) is 0 Å². The molecule has 0 fully saturated rings. The van der Waals surface area contributed by atoms with Crippen molar-refractivity contribution in [1.82, 2.24) is 5.48 Å². The quantitative estimate of drug-likeness (QED) is 0.107. The number of rotatable bonds is 10. The minimum Gasteiger partial charge on any atom is -0.507 e. The Kier molecular flexibility index (Phi) is 9.16. The molecule has 4 N–H and O–H groups in total. The Bertz CT molecular complexity index is 1440. The molecule has 0 radical (unpaired) electrons. The SMILES string of the molecule is Cc1ccc(NC(=O)O[C@@H](c2ccc(O)c3ccccc23)[C@H](CC/C=C/C(=O)NO)Oc2ccccc2)cc1. The monoisotopic (exact) mass is 526 g/mol. The molecule has 0 aromatic heterocycles. The van der Waals surface area contributed by atoms with Crippen LogP contribution in [-0.4, -0.2) is 28.4 Å². The fourth-order valence-electron chi connectivity index (χ4n) is 4.23. The van der Waals surface area contributed by atoms with E-state index in [1.807, 2.05) is 55.5 Å². The second-order valence-corrected chi connectivity index (χ2v) is 8.96. The average molecular weight is 527 g/mol. The van der Waals surface area contributed by atoms with E-state index in [4.69, 9.17) is 14.7 Å². The summed E-state index contributed by atoms with van der Waals surface area (Å²) >= 11 is 0. The number of nitrogens with one attached hydrogen (secondary N) is 2. The zero-order chi connectivity index (χ0) is 27.6. The number of amides is 2. The molecule has 2 atom stereocenters. The van der Waals surface area contributed by atoms with Gasteiger partial charge in [0.15, 0.2) is 6.10 Å². The van der Waals surface area contributed by atoms with Crippen molar-refractivity contribution in [3.8, 4) is 11.5 Å². The van der Waals surface area contributed by atoms with Gasteiger partial charge >= 0.3 is 6.09 Å². The number of aryl methyl sites for hydroxylation is 1. The van der Waals surface area contributed by atoms with Crippen molar-refractivity contribution in [2.75, 3.05) is 5.32 Å². The van der Waals surface area contributed by atoms with E-state index in [0.717, 1.165) is 5.56 Å². The van der Waals surface area contributed by atoms with Crippen LogP contribution in [0, 0.1) is 6.92 Å². The number of phenols is 1. The zero-order valence-corrected chi connectivity index (χ0v) is 21.4. The molecule has 39 heavy (non-hydrogen) atoms. The Morgan fingerprint density at radius 3 is 2.31 bits per heavy atom. The molecule has 0 bridgehead atoms. The molecule has 0 aliphatic rings. The lowest BCUT2D eigenvalue weighted by molar-refractivity contribution is -0.124. The summed E-state index contributed by atoms with van der Waals surface area (Å²) < 4.78 is 12.4. The highest BCUT2D eigenvalue weighted by atomic mass is 16.6. The van der Waals surface area contributed by atoms with Gasteiger partial charge < -0.3 is 14.6 Å². The molecule has 0 spiro atoms. The number of carbonyl (C=O) groups is 2. The number of carbonyl (C=O) groups excluding carboxylic acids is 2. The molecule has 2 amide bonds. The molecular weight excluding hydrogens is 496 g/mol. The minimum atomic E-state index is -0.888. The first-order chi connectivity index (χ1) is 18.9. The third-order valence-electron chi connectivity index (χ3n) is 6.14. The molecule has 0 aliphatic heterocycles. The first-order valence-corrected chi connectivity index (χ1v) is 12.5. The summed E-state index contributed by atoms with van der Waals surface area (Å²) in [7, 11) is 0. The van der Waals surface area contributed by atoms with E-state index >= 15 is 0 Å². The molecule has 0 unspecified atom stereocenters. The highest BCUT2D eigenvalue weighted by Crippen LogP contribution is 2.36. The van der Waals surface area contributed by atoms with Crippen LogP contribution in [0.4, 0.5) is 10.5 Å². The number of hydrogen-bond donors (Lipinski definition) is 4. The Labute approximate surface area is 226 Å². The van der Waals surface area contributed by atoms with E-state index in [1.54, 1.807) is 54.0 Å². The van der Waals surface area contributed by atoms with Gasteiger partial charge in [0, 0.05) is 22.7 Å². The number of phenolic OH excluding ortho intramolecular Hbond substituents is 1. The van der Waals surface area contributed by atoms with Gasteiger partial charge in [-0.25, -0.2) is 10.3 Å². The van der Waals surface area contributed by atoms with Crippen molar-refractivity contribution in [1.29, 1.82) is 0 Å². The van der Waals surface area contributed by atoms with Gasteiger partial charge in [-0.2, -0.15) is 0 Å². The summed E-state index contributed by atoms with van der Waals surface area (Å²) in [6.45, 7) is 1.96. The molecule has 8 heteroatoms. The van der Waals surface area contributed by atoms with Crippen LogP contribution in [0.25, 0.3) is 10.8 Å². The van der Waals surface area contributed by atoms with Gasteiger partial charge in [-0.1, -0.05) is 72.3 Å². The highest BCUT2D eigenvalue weighted by molar-refractivity contribution is 5.92. The van der Waals surface area contributed by atoms with Gasteiger partial charge in [0.25, 0.3) is 5.91 Å². The molecule has 8 nitrogen and oxygen atoms in total. The van der Waals surface area contributed by atoms with Crippen LogP contribution in [0.15, 0.2) is 103 Å². The molecule has 4 rings (SSSR count). The maximum Gasteiger partial charge on any atom is 0.412 e. The van der Waals surface area contributed by atoms with Crippen LogP contribution in [-0.2, 0) is 9.53 Å². The average Bonchev–Trinajstić information content (AvgIpc) is 2.95. The van der Waals surface area contributed by atoms with Crippen molar-refractivity contribution >= 4 is 28.5 Å². The van der Waals surface area contributed by atoms with Gasteiger partial charge in [-0.05, 0) is 55.5 Å². The van der Waals surface area contributed by atoms with E-state index in [0.29, 0.717) is 40.6 Å². The van der Waals surface area contributed by atoms with Gasteiger partial charge in [0.05, 0.1) is 0 Å². The lowest BCUT2D eigenvalue weighted by atomic mass is 9.94. The smallest absolute Gasteiger partial charge is 0.412 e. The summed E-state index contributed by atoms with van der Waals surface area (Å²) in [6, 6.07) is 27.1. The number of aromatic hydroxyl groups is 1. The highest BCUT2D eigenvalue weighted by Gasteiger charge is 2.30. The largest absolute Gasteiger partial charge is 0.507 e. The Balaban J connectivity index is 1.71. The summed E-state index contributed by atoms with van der Waals surface area (Å²) in [5.41, 5.74) is 3.85. The minimum absolute atomic E-state index is 0.107. The number of hydrogen-bond acceptors (Lipinski definition) is 6. The van der Waals surface area contributed by atoms with Crippen LogP contribution in [0.3, 0.4) is 0 Å². The summed E-state index contributed by atoms with van der Waals surface area (Å²) in [4.78, 5) is 24.6. The summed E-state index contributed by atoms with van der Waals surface area (Å²) in [6.07, 6.45) is 1.34. The third-order valence-corrected chi connectivity index (χ3v) is 6.14. The van der Waals surface area contributed by atoms with Crippen LogP contribution in [0.1, 0.15) is 30.1 Å². The topological polar surface area (TPSA) is 117 Å². The molecule has 4 aromatic rings.